The molecule has 0 saturated heterocycles. The number of rotatable bonds is 2. The van der Waals surface area contributed by atoms with Gasteiger partial charge in [0.15, 0.2) is 0 Å². The van der Waals surface area contributed by atoms with Crippen molar-refractivity contribution in [2.45, 2.75) is 6.92 Å². The van der Waals surface area contributed by atoms with Crippen LogP contribution in [-0.4, -0.2) is 4.98 Å². The highest BCUT2D eigenvalue weighted by Gasteiger charge is 2.19. The van der Waals surface area contributed by atoms with Gasteiger partial charge in [-0.15, -0.1) is 0 Å². The van der Waals surface area contributed by atoms with Gasteiger partial charge in [0.1, 0.15) is 17.5 Å². The second kappa shape index (κ2) is 6.93. The molecular weight excluding hydrogens is 377 g/mol. The fourth-order valence-electron chi connectivity index (χ4n) is 2.76. The molecule has 0 unspecified atom stereocenters. The zero-order chi connectivity index (χ0) is 18.1. The summed E-state index contributed by atoms with van der Waals surface area (Å²) in [5.74, 6) is 0.143. The maximum absolute atomic E-state index is 9.56. The molecule has 1 aromatic heterocycles. The molecule has 25 heavy (non-hydrogen) atoms. The highest BCUT2D eigenvalue weighted by molar-refractivity contribution is 6.36. The summed E-state index contributed by atoms with van der Waals surface area (Å²) in [6, 6.07) is 14.6. The van der Waals surface area contributed by atoms with E-state index in [4.69, 9.17) is 40.5 Å². The Morgan fingerprint density at radius 1 is 1.04 bits per heavy atom. The second-order valence-corrected chi connectivity index (χ2v) is 6.75. The third-order valence-corrected chi connectivity index (χ3v) is 4.66. The summed E-state index contributed by atoms with van der Waals surface area (Å²) < 4.78 is 0. The second-order valence-electron chi connectivity index (χ2n) is 5.47. The first kappa shape index (κ1) is 17.6. The Bertz CT molecular complexity index is 1020. The fourth-order valence-corrected chi connectivity index (χ4v) is 3.44. The van der Waals surface area contributed by atoms with Gasteiger partial charge >= 0.3 is 0 Å². The van der Waals surface area contributed by atoms with Crippen LogP contribution in [0.25, 0.3) is 22.4 Å². The van der Waals surface area contributed by atoms with Crippen LogP contribution in [0.15, 0.2) is 42.5 Å². The average molecular weight is 389 g/mol. The van der Waals surface area contributed by atoms with Gasteiger partial charge in [-0.25, -0.2) is 4.98 Å². The molecule has 2 aromatic carbocycles. The van der Waals surface area contributed by atoms with Crippen molar-refractivity contribution >= 4 is 40.6 Å². The van der Waals surface area contributed by atoms with Crippen LogP contribution in [0, 0.1) is 18.3 Å². The van der Waals surface area contributed by atoms with Gasteiger partial charge in [0, 0.05) is 21.2 Å². The minimum absolute atomic E-state index is 0.143. The standard InChI is InChI=1S/C19H12Cl3N3/c1-10-17(11-3-2-4-12(20)7-11)15(9-23)19(24)25-18(10)14-6-5-13(21)8-16(14)22/h2-8H,1H3,(H2,24,25). The number of hydrogen-bond donors (Lipinski definition) is 1. The van der Waals surface area contributed by atoms with Gasteiger partial charge in [0.2, 0.25) is 0 Å². The van der Waals surface area contributed by atoms with Crippen LogP contribution in [0.1, 0.15) is 11.1 Å². The topological polar surface area (TPSA) is 62.7 Å². The number of halogens is 3. The van der Waals surface area contributed by atoms with Gasteiger partial charge in [-0.1, -0.05) is 46.9 Å². The Morgan fingerprint density at radius 3 is 2.40 bits per heavy atom. The van der Waals surface area contributed by atoms with Crippen molar-refractivity contribution in [2.75, 3.05) is 5.73 Å². The first-order valence-corrected chi connectivity index (χ1v) is 8.47. The molecule has 3 nitrogen and oxygen atoms in total. The van der Waals surface area contributed by atoms with Crippen LogP contribution in [-0.2, 0) is 0 Å². The molecule has 2 N–H and O–H groups in total. The number of aromatic nitrogens is 1. The first-order chi connectivity index (χ1) is 11.9. The Balaban J connectivity index is 2.35. The minimum atomic E-state index is 0.143. The largest absolute Gasteiger partial charge is 0.383 e. The van der Waals surface area contributed by atoms with E-state index in [9.17, 15) is 5.26 Å². The number of nitrogens with zero attached hydrogens (tertiary/aromatic N) is 2. The summed E-state index contributed by atoms with van der Waals surface area (Å²) in [7, 11) is 0. The van der Waals surface area contributed by atoms with Gasteiger partial charge in [-0.3, -0.25) is 0 Å². The molecule has 0 bridgehead atoms. The molecule has 6 heteroatoms. The van der Waals surface area contributed by atoms with E-state index in [2.05, 4.69) is 11.1 Å². The van der Waals surface area contributed by atoms with E-state index < -0.39 is 0 Å². The van der Waals surface area contributed by atoms with E-state index in [1.807, 2.05) is 19.1 Å². The van der Waals surface area contributed by atoms with Crippen molar-refractivity contribution in [1.82, 2.24) is 4.98 Å². The number of nitrogens with two attached hydrogens (primary N) is 1. The highest BCUT2D eigenvalue weighted by Crippen LogP contribution is 2.39. The summed E-state index contributed by atoms with van der Waals surface area (Å²) in [5, 5.41) is 11.1. The van der Waals surface area contributed by atoms with Crippen molar-refractivity contribution in [1.29, 1.82) is 5.26 Å². The quantitative estimate of drug-likeness (QED) is 0.573. The van der Waals surface area contributed by atoms with Crippen molar-refractivity contribution in [3.8, 4) is 28.5 Å². The SMILES string of the molecule is Cc1c(-c2ccc(Cl)cc2Cl)nc(N)c(C#N)c1-c1cccc(Cl)c1. The van der Waals surface area contributed by atoms with E-state index in [0.717, 1.165) is 11.1 Å². The molecule has 0 radical (unpaired) electrons. The van der Waals surface area contributed by atoms with E-state index in [0.29, 0.717) is 37.5 Å². The van der Waals surface area contributed by atoms with Gasteiger partial charge in [-0.05, 0) is 48.4 Å². The Morgan fingerprint density at radius 2 is 1.76 bits per heavy atom. The molecular formula is C19H12Cl3N3. The Labute approximate surface area is 160 Å². The maximum atomic E-state index is 9.56. The van der Waals surface area contributed by atoms with Gasteiger partial charge in [-0.2, -0.15) is 5.26 Å². The lowest BCUT2D eigenvalue weighted by molar-refractivity contribution is 1.26. The van der Waals surface area contributed by atoms with E-state index in [-0.39, 0.29) is 5.82 Å². The summed E-state index contributed by atoms with van der Waals surface area (Å²) in [6.45, 7) is 1.88. The Kier molecular flexibility index (Phi) is 4.87. The molecule has 0 amide bonds. The van der Waals surface area contributed by atoms with Crippen LogP contribution in [0.3, 0.4) is 0 Å². The molecule has 0 saturated carbocycles. The summed E-state index contributed by atoms with van der Waals surface area (Å²) >= 11 is 18.4. The van der Waals surface area contributed by atoms with Crippen LogP contribution in [0.5, 0.6) is 0 Å². The third kappa shape index (κ3) is 3.29. The summed E-state index contributed by atoms with van der Waals surface area (Å²) in [4.78, 5) is 4.41. The smallest absolute Gasteiger partial charge is 0.142 e. The summed E-state index contributed by atoms with van der Waals surface area (Å²) in [5.41, 5.74) is 9.95. The number of anilines is 1. The summed E-state index contributed by atoms with van der Waals surface area (Å²) in [6.07, 6.45) is 0. The maximum Gasteiger partial charge on any atom is 0.142 e. The molecule has 0 spiro atoms. The molecule has 3 aromatic rings. The molecule has 0 fully saturated rings. The number of pyridine rings is 1. The monoisotopic (exact) mass is 387 g/mol. The van der Waals surface area contributed by atoms with Crippen molar-refractivity contribution in [2.24, 2.45) is 0 Å². The van der Waals surface area contributed by atoms with Crippen LogP contribution >= 0.6 is 34.8 Å². The molecule has 0 atom stereocenters. The van der Waals surface area contributed by atoms with Crippen molar-refractivity contribution in [3.63, 3.8) is 0 Å². The van der Waals surface area contributed by atoms with Crippen LogP contribution in [0.4, 0.5) is 5.82 Å². The minimum Gasteiger partial charge on any atom is -0.383 e. The average Bonchev–Trinajstić information content (AvgIpc) is 2.56. The Hall–Kier alpha value is -2.25. The third-order valence-electron chi connectivity index (χ3n) is 3.88. The van der Waals surface area contributed by atoms with Crippen molar-refractivity contribution in [3.05, 3.63) is 68.7 Å². The van der Waals surface area contributed by atoms with Crippen molar-refractivity contribution < 1.29 is 0 Å². The molecule has 0 aliphatic rings. The molecule has 0 aliphatic heterocycles. The normalized spacial score (nSPS) is 10.5. The van der Waals surface area contributed by atoms with Gasteiger partial charge in [0.25, 0.3) is 0 Å². The fraction of sp³-hybridized carbons (Fsp3) is 0.0526. The van der Waals surface area contributed by atoms with Crippen LogP contribution in [0.2, 0.25) is 15.1 Å². The lowest BCUT2D eigenvalue weighted by atomic mass is 9.93. The van der Waals surface area contributed by atoms with Crippen LogP contribution < -0.4 is 5.73 Å². The van der Waals surface area contributed by atoms with E-state index in [1.54, 1.807) is 30.3 Å². The molecule has 3 rings (SSSR count). The van der Waals surface area contributed by atoms with E-state index in [1.165, 1.54) is 0 Å². The molecule has 1 heterocycles. The number of nitrogen functional groups attached to an aromatic ring is 1. The van der Waals surface area contributed by atoms with Gasteiger partial charge in [0.05, 0.1) is 10.7 Å². The zero-order valence-corrected chi connectivity index (χ0v) is 15.4. The lowest BCUT2D eigenvalue weighted by Crippen LogP contribution is -2.03. The predicted octanol–water partition coefficient (Wildman–Crippen LogP) is 6.14. The van der Waals surface area contributed by atoms with Gasteiger partial charge < -0.3 is 5.73 Å². The predicted molar refractivity (Wildman–Crippen MR) is 104 cm³/mol. The molecule has 0 aliphatic carbocycles. The molecule has 124 valence electrons. The number of nitriles is 1. The number of hydrogen-bond acceptors (Lipinski definition) is 3. The first-order valence-electron chi connectivity index (χ1n) is 7.34. The number of benzene rings is 2. The highest BCUT2D eigenvalue weighted by atomic mass is 35.5. The van der Waals surface area contributed by atoms with E-state index >= 15 is 0 Å². The lowest BCUT2D eigenvalue weighted by Gasteiger charge is -2.16. The zero-order valence-electron chi connectivity index (χ0n) is 13.1.